The molecule has 13 nitrogen and oxygen atoms in total. The molecule has 67 heavy (non-hydrogen) atoms. The number of halogens is 4. The Morgan fingerprint density at radius 3 is 2.37 bits per heavy atom. The topological polar surface area (TPSA) is 136 Å². The van der Waals surface area contributed by atoms with E-state index in [0.717, 1.165) is 60.2 Å². The van der Waals surface area contributed by atoms with Gasteiger partial charge in [0, 0.05) is 49.6 Å². The van der Waals surface area contributed by atoms with Gasteiger partial charge in [-0.1, -0.05) is 51.1 Å². The number of benzene rings is 3. The molecular formula is C49H66Cl2F2N6O7S. The summed E-state index contributed by atoms with van der Waals surface area (Å²) < 4.78 is 57.8. The van der Waals surface area contributed by atoms with Crippen molar-refractivity contribution in [2.24, 2.45) is 5.41 Å². The average Bonchev–Trinajstić information content (AvgIpc) is 3.80. The molecule has 3 aliphatic rings. The van der Waals surface area contributed by atoms with Crippen molar-refractivity contribution in [1.82, 2.24) is 25.8 Å². The lowest BCUT2D eigenvalue weighted by Crippen LogP contribution is -2.60. The van der Waals surface area contributed by atoms with Gasteiger partial charge in [-0.2, -0.15) is 4.39 Å². The van der Waals surface area contributed by atoms with E-state index in [1.807, 2.05) is 63.5 Å². The summed E-state index contributed by atoms with van der Waals surface area (Å²) in [5.41, 5.74) is 4.82. The summed E-state index contributed by atoms with van der Waals surface area (Å²) in [5, 5.41) is 12.7. The van der Waals surface area contributed by atoms with E-state index in [0.29, 0.717) is 56.4 Å². The molecule has 0 unspecified atom stereocenters. The summed E-state index contributed by atoms with van der Waals surface area (Å²) in [5.74, 6) is -1.88. The van der Waals surface area contributed by atoms with E-state index in [4.69, 9.17) is 23.7 Å². The highest BCUT2D eigenvalue weighted by atomic mass is 35.5. The van der Waals surface area contributed by atoms with Gasteiger partial charge in [0.2, 0.25) is 17.6 Å². The molecule has 18 heteroatoms. The van der Waals surface area contributed by atoms with E-state index >= 15 is 0 Å². The van der Waals surface area contributed by atoms with Gasteiger partial charge in [0.15, 0.2) is 16.7 Å². The molecule has 2 amide bonds. The first kappa shape index (κ1) is 53.8. The third kappa shape index (κ3) is 14.0. The van der Waals surface area contributed by atoms with Crippen LogP contribution in [0.25, 0.3) is 11.3 Å². The minimum absolute atomic E-state index is 0. The van der Waals surface area contributed by atoms with E-state index in [1.165, 1.54) is 23.0 Å². The first-order chi connectivity index (χ1) is 31.4. The number of rotatable bonds is 20. The molecule has 0 saturated carbocycles. The van der Waals surface area contributed by atoms with Gasteiger partial charge in [0.05, 0.1) is 57.4 Å². The molecule has 4 atom stereocenters. The minimum atomic E-state index is -1.07. The molecule has 0 bridgehead atoms. The molecule has 1 aliphatic carbocycles. The van der Waals surface area contributed by atoms with Crippen LogP contribution in [0.4, 0.5) is 13.9 Å². The van der Waals surface area contributed by atoms with Crippen LogP contribution >= 0.6 is 36.2 Å². The number of likely N-dealkylation sites (N-methyl/N-ethyl adjacent to an activating group) is 1. The van der Waals surface area contributed by atoms with E-state index in [1.54, 1.807) is 4.90 Å². The Hall–Kier alpha value is -4.13. The van der Waals surface area contributed by atoms with Crippen molar-refractivity contribution in [2.75, 3.05) is 84.4 Å². The third-order valence-electron chi connectivity index (χ3n) is 12.3. The molecule has 0 spiro atoms. The number of ether oxygens (including phenoxy) is 5. The van der Waals surface area contributed by atoms with Crippen LogP contribution in [0, 0.1) is 17.0 Å². The fourth-order valence-electron chi connectivity index (χ4n) is 8.52. The largest absolute Gasteiger partial charge is 0.491 e. The lowest BCUT2D eigenvalue weighted by molar-refractivity contribution is -0.146. The smallest absolute Gasteiger partial charge is 0.243 e. The number of hydrogen-bond donors (Lipinski definition) is 3. The zero-order valence-electron chi connectivity index (χ0n) is 39.1. The third-order valence-corrected chi connectivity index (χ3v) is 13.2. The summed E-state index contributed by atoms with van der Waals surface area (Å²) in [4.78, 5) is 37.5. The van der Waals surface area contributed by atoms with Crippen LogP contribution in [0.2, 0.25) is 0 Å². The number of nitrogens with zero attached hydrogens (tertiary/aromatic N) is 3. The van der Waals surface area contributed by atoms with Crippen molar-refractivity contribution in [2.45, 2.75) is 84.1 Å². The van der Waals surface area contributed by atoms with Crippen LogP contribution in [-0.2, 0) is 43.2 Å². The first-order valence-corrected chi connectivity index (χ1v) is 23.7. The monoisotopic (exact) mass is 990 g/mol. The molecule has 2 aliphatic heterocycles. The molecule has 368 valence electrons. The van der Waals surface area contributed by atoms with Crippen LogP contribution in [0.15, 0.2) is 60.0 Å². The number of fused-ring (bicyclic) bond motifs is 2. The Balaban J connectivity index is 0.00000420. The standard InChI is InChI=1S/C49H64F2N6O7S.2ClH/c1-32(52-5)29-53-45(49(2,3)4)47(59)57-30-35-27-36(14-13-34(35)28-42(57)46(58)54-40-12-8-10-33-9-6-7-11-37(33)40)63-25-23-61-21-22-62-24-26-64-44-38(15-16-39(50)43(44)51)41-31-65-48(55-41)56-17-19-60-20-18-56;;/h6-7,9,11,13-16,27,31-32,40,42,45,52-53H,8,10,12,17-26,28-30H2,1-5H3,(H,54,58);2*1H/t32-,40+,42-,45+;;/m0../s1. The van der Waals surface area contributed by atoms with Crippen molar-refractivity contribution in [3.05, 3.63) is 93.9 Å². The van der Waals surface area contributed by atoms with Crippen molar-refractivity contribution in [3.63, 3.8) is 0 Å². The first-order valence-electron chi connectivity index (χ1n) is 22.8. The highest BCUT2D eigenvalue weighted by Gasteiger charge is 2.42. The second-order valence-corrected chi connectivity index (χ2v) is 18.8. The molecular weight excluding hydrogens is 926 g/mol. The van der Waals surface area contributed by atoms with Gasteiger partial charge in [-0.3, -0.25) is 9.59 Å². The molecule has 1 saturated heterocycles. The Morgan fingerprint density at radius 1 is 0.925 bits per heavy atom. The second-order valence-electron chi connectivity index (χ2n) is 17.9. The lowest BCUT2D eigenvalue weighted by Gasteiger charge is -2.42. The number of hydrogen-bond acceptors (Lipinski definition) is 12. The van der Waals surface area contributed by atoms with Crippen molar-refractivity contribution in [3.8, 4) is 22.8 Å². The number of aromatic nitrogens is 1. The van der Waals surface area contributed by atoms with Gasteiger partial charge in [-0.15, -0.1) is 36.2 Å². The molecule has 7 rings (SSSR count). The van der Waals surface area contributed by atoms with Crippen LogP contribution in [0.1, 0.15) is 68.8 Å². The quantitative estimate of drug-likeness (QED) is 0.0770. The van der Waals surface area contributed by atoms with E-state index in [2.05, 4.69) is 44.9 Å². The highest BCUT2D eigenvalue weighted by molar-refractivity contribution is 7.14. The summed E-state index contributed by atoms with van der Waals surface area (Å²) in [6, 6.07) is 15.5. The molecule has 0 radical (unpaired) electrons. The van der Waals surface area contributed by atoms with Crippen LogP contribution in [0.3, 0.4) is 0 Å². The molecule has 4 aromatic rings. The van der Waals surface area contributed by atoms with Gasteiger partial charge in [-0.25, -0.2) is 9.37 Å². The predicted octanol–water partition coefficient (Wildman–Crippen LogP) is 7.32. The maximum atomic E-state index is 14.9. The van der Waals surface area contributed by atoms with Crippen molar-refractivity contribution in [1.29, 1.82) is 0 Å². The predicted molar refractivity (Wildman–Crippen MR) is 262 cm³/mol. The summed E-state index contributed by atoms with van der Waals surface area (Å²) in [7, 11) is 1.90. The highest BCUT2D eigenvalue weighted by Crippen LogP contribution is 2.37. The fourth-order valence-corrected chi connectivity index (χ4v) is 9.40. The zero-order chi connectivity index (χ0) is 45.9. The minimum Gasteiger partial charge on any atom is -0.491 e. The van der Waals surface area contributed by atoms with Crippen LogP contribution < -0.4 is 30.3 Å². The van der Waals surface area contributed by atoms with E-state index < -0.39 is 29.1 Å². The maximum Gasteiger partial charge on any atom is 0.243 e. The lowest BCUT2D eigenvalue weighted by atomic mass is 9.83. The number of carbonyl (C=O) groups excluding carboxylic acids is 2. The Labute approximate surface area is 409 Å². The normalized spacial score (nSPS) is 17.8. The van der Waals surface area contributed by atoms with Gasteiger partial charge in [-0.05, 0) is 85.2 Å². The van der Waals surface area contributed by atoms with Crippen LogP contribution in [-0.4, -0.2) is 119 Å². The number of thiazole rings is 1. The fraction of sp³-hybridized carbons (Fsp3) is 0.531. The zero-order valence-corrected chi connectivity index (χ0v) is 41.5. The molecule has 1 aromatic heterocycles. The van der Waals surface area contributed by atoms with Crippen LogP contribution in [0.5, 0.6) is 11.5 Å². The number of morpholine rings is 1. The molecule has 3 heterocycles. The number of aryl methyl sites for hydroxylation is 1. The van der Waals surface area contributed by atoms with Gasteiger partial charge in [0.25, 0.3) is 0 Å². The van der Waals surface area contributed by atoms with E-state index in [-0.39, 0.29) is 87.4 Å². The number of nitrogens with one attached hydrogen (secondary N) is 3. The Bertz CT molecular complexity index is 2230. The molecule has 3 aromatic carbocycles. The number of carbonyl (C=O) groups is 2. The second kappa shape index (κ2) is 25.5. The van der Waals surface area contributed by atoms with E-state index in [9.17, 15) is 18.4 Å². The molecule has 1 fully saturated rings. The number of anilines is 1. The summed E-state index contributed by atoms with van der Waals surface area (Å²) in [6.45, 7) is 13.0. The summed E-state index contributed by atoms with van der Waals surface area (Å²) in [6.07, 6.45) is 3.23. The van der Waals surface area contributed by atoms with Gasteiger partial charge in [0.1, 0.15) is 25.0 Å². The van der Waals surface area contributed by atoms with Gasteiger partial charge < -0.3 is 49.4 Å². The Kier molecular flexibility index (Phi) is 20.5. The number of amides is 2. The Morgan fingerprint density at radius 2 is 1.64 bits per heavy atom. The average molecular weight is 992 g/mol. The van der Waals surface area contributed by atoms with Crippen molar-refractivity contribution < 1.29 is 42.1 Å². The van der Waals surface area contributed by atoms with Gasteiger partial charge >= 0.3 is 0 Å². The SMILES string of the molecule is CN[C@@H](C)CN[C@H](C(=O)N1Cc2cc(OCCOCCOCCOc3c(-c4csc(N5CCOCC5)n4)ccc(F)c3F)ccc2C[C@H]1C(=O)N[C@@H]1CCCc2ccccc21)C(C)(C)C.Cl.Cl. The van der Waals surface area contributed by atoms with Crippen molar-refractivity contribution >= 4 is 53.1 Å². The maximum absolute atomic E-state index is 14.9. The summed E-state index contributed by atoms with van der Waals surface area (Å²) >= 11 is 1.44. The molecule has 3 N–H and O–H groups in total.